The van der Waals surface area contributed by atoms with Crippen molar-refractivity contribution < 1.29 is 28.9 Å². The second kappa shape index (κ2) is 8.72. The number of ether oxygens (including phenoxy) is 3. The zero-order chi connectivity index (χ0) is 13.3. The molecule has 0 bridgehead atoms. The summed E-state index contributed by atoms with van der Waals surface area (Å²) in [5, 5.41) is 9.57. The molecule has 98 valence electrons. The number of methoxy groups -OCH3 is 1. The molecule has 0 saturated heterocycles. The minimum absolute atomic E-state index is 0.132. The van der Waals surface area contributed by atoms with E-state index in [9.17, 15) is 14.7 Å². The fourth-order valence-electron chi connectivity index (χ4n) is 1.05. The lowest BCUT2D eigenvalue weighted by atomic mass is 10.1. The predicted octanol–water partition coefficient (Wildman–Crippen LogP) is 0.614. The first-order valence-electron chi connectivity index (χ1n) is 5.21. The van der Waals surface area contributed by atoms with Crippen molar-refractivity contribution in [1.29, 1.82) is 0 Å². The van der Waals surface area contributed by atoms with Gasteiger partial charge in [-0.15, -0.1) is 0 Å². The number of hydrogen-bond acceptors (Lipinski definition) is 6. The molecule has 0 unspecified atom stereocenters. The molecule has 0 aliphatic rings. The molecule has 6 nitrogen and oxygen atoms in total. The lowest BCUT2D eigenvalue weighted by Crippen LogP contribution is -2.18. The smallest absolute Gasteiger partial charge is 0.345 e. The van der Waals surface area contributed by atoms with E-state index in [4.69, 9.17) is 9.47 Å². The van der Waals surface area contributed by atoms with Gasteiger partial charge in [0.25, 0.3) is 0 Å². The number of carbonyl (C=O) groups excluding carboxylic acids is 2. The fraction of sp³-hybridized carbons (Fsp3) is 0.636. The summed E-state index contributed by atoms with van der Waals surface area (Å²) in [7, 11) is 1.51. The van der Waals surface area contributed by atoms with Gasteiger partial charge in [-0.05, 0) is 13.8 Å². The molecule has 0 amide bonds. The molecule has 0 radical (unpaired) electrons. The summed E-state index contributed by atoms with van der Waals surface area (Å²) in [5.41, 5.74) is -0.371. The monoisotopic (exact) mass is 246 g/mol. The Hall–Kier alpha value is -1.40. The Labute approximate surface area is 100 Å². The minimum Gasteiger partial charge on any atom is -0.509 e. The van der Waals surface area contributed by atoms with Crippen LogP contribution < -0.4 is 0 Å². The van der Waals surface area contributed by atoms with Gasteiger partial charge in [-0.1, -0.05) is 0 Å². The van der Waals surface area contributed by atoms with E-state index < -0.39 is 17.5 Å². The van der Waals surface area contributed by atoms with Crippen LogP contribution in [0.15, 0.2) is 11.3 Å². The van der Waals surface area contributed by atoms with Crippen LogP contribution in [0.3, 0.4) is 0 Å². The Morgan fingerprint density at radius 3 is 2.35 bits per heavy atom. The molecule has 0 aliphatic heterocycles. The Bertz CT molecular complexity index is 294. The molecular weight excluding hydrogens is 228 g/mol. The summed E-state index contributed by atoms with van der Waals surface area (Å²) in [6, 6.07) is 0. The molecule has 0 aromatic carbocycles. The average Bonchev–Trinajstić information content (AvgIpc) is 2.24. The second-order valence-electron chi connectivity index (χ2n) is 3.14. The van der Waals surface area contributed by atoms with E-state index >= 15 is 0 Å². The molecular formula is C11H18O6. The van der Waals surface area contributed by atoms with Crippen LogP contribution >= 0.6 is 0 Å². The third kappa shape index (κ3) is 6.03. The van der Waals surface area contributed by atoms with Gasteiger partial charge in [0.15, 0.2) is 5.78 Å². The molecule has 0 atom stereocenters. The van der Waals surface area contributed by atoms with Gasteiger partial charge in [0.2, 0.25) is 0 Å². The zero-order valence-electron chi connectivity index (χ0n) is 10.3. The van der Waals surface area contributed by atoms with Crippen molar-refractivity contribution in [2.45, 2.75) is 13.8 Å². The van der Waals surface area contributed by atoms with Crippen molar-refractivity contribution in [3.05, 3.63) is 11.3 Å². The van der Waals surface area contributed by atoms with Crippen LogP contribution in [0.1, 0.15) is 13.8 Å². The number of rotatable bonds is 8. The number of aliphatic hydroxyl groups is 1. The van der Waals surface area contributed by atoms with E-state index in [1.807, 2.05) is 0 Å². The maximum absolute atomic E-state index is 11.4. The highest BCUT2D eigenvalue weighted by atomic mass is 16.5. The van der Waals surface area contributed by atoms with Crippen molar-refractivity contribution in [2.75, 3.05) is 33.5 Å². The van der Waals surface area contributed by atoms with Crippen LogP contribution in [-0.2, 0) is 23.8 Å². The van der Waals surface area contributed by atoms with Gasteiger partial charge in [-0.25, -0.2) is 4.79 Å². The molecule has 0 aromatic rings. The summed E-state index contributed by atoms with van der Waals surface area (Å²) in [4.78, 5) is 22.6. The van der Waals surface area contributed by atoms with Gasteiger partial charge in [0.05, 0.1) is 19.8 Å². The van der Waals surface area contributed by atoms with E-state index in [1.54, 1.807) is 6.92 Å². The first-order valence-corrected chi connectivity index (χ1v) is 5.21. The zero-order valence-corrected chi connectivity index (χ0v) is 10.3. The highest BCUT2D eigenvalue weighted by molar-refractivity contribution is 6.16. The van der Waals surface area contributed by atoms with Crippen molar-refractivity contribution in [3.8, 4) is 0 Å². The SMILES string of the molecule is CCOC(=O)/C(C(C)=O)=C(\O)COCCOC. The maximum Gasteiger partial charge on any atom is 0.345 e. The van der Waals surface area contributed by atoms with Gasteiger partial charge >= 0.3 is 5.97 Å². The lowest BCUT2D eigenvalue weighted by Gasteiger charge is -2.08. The lowest BCUT2D eigenvalue weighted by molar-refractivity contribution is -0.140. The predicted molar refractivity (Wildman–Crippen MR) is 59.7 cm³/mol. The summed E-state index contributed by atoms with van der Waals surface area (Å²) in [5.74, 6) is -1.82. The average molecular weight is 246 g/mol. The van der Waals surface area contributed by atoms with Crippen molar-refractivity contribution in [3.63, 3.8) is 0 Å². The second-order valence-corrected chi connectivity index (χ2v) is 3.14. The molecule has 0 aromatic heterocycles. The largest absolute Gasteiger partial charge is 0.509 e. The molecule has 0 heterocycles. The Morgan fingerprint density at radius 2 is 1.88 bits per heavy atom. The van der Waals surface area contributed by atoms with Gasteiger partial charge in [-0.2, -0.15) is 0 Å². The van der Waals surface area contributed by atoms with Crippen LogP contribution in [0.4, 0.5) is 0 Å². The highest BCUT2D eigenvalue weighted by Gasteiger charge is 2.21. The third-order valence-electron chi connectivity index (χ3n) is 1.79. The molecule has 17 heavy (non-hydrogen) atoms. The topological polar surface area (TPSA) is 82.1 Å². The Kier molecular flexibility index (Phi) is 8.00. The van der Waals surface area contributed by atoms with E-state index in [1.165, 1.54) is 14.0 Å². The molecule has 0 rings (SSSR count). The van der Waals surface area contributed by atoms with Gasteiger partial charge in [-0.3, -0.25) is 4.79 Å². The van der Waals surface area contributed by atoms with Gasteiger partial charge in [0, 0.05) is 7.11 Å². The third-order valence-corrected chi connectivity index (χ3v) is 1.79. The summed E-state index contributed by atoms with van der Waals surface area (Å²) < 4.78 is 14.4. The highest BCUT2D eigenvalue weighted by Crippen LogP contribution is 2.06. The van der Waals surface area contributed by atoms with Crippen LogP contribution in [0.2, 0.25) is 0 Å². The number of carbonyl (C=O) groups is 2. The first-order chi connectivity index (χ1) is 8.04. The van der Waals surface area contributed by atoms with E-state index in [0.717, 1.165) is 0 Å². The molecule has 0 aliphatic carbocycles. The van der Waals surface area contributed by atoms with Crippen LogP contribution in [0.25, 0.3) is 0 Å². The molecule has 0 fully saturated rings. The van der Waals surface area contributed by atoms with Crippen molar-refractivity contribution >= 4 is 11.8 Å². The van der Waals surface area contributed by atoms with E-state index in [-0.39, 0.29) is 25.4 Å². The quantitative estimate of drug-likeness (QED) is 0.169. The van der Waals surface area contributed by atoms with Crippen LogP contribution in [0.5, 0.6) is 0 Å². The van der Waals surface area contributed by atoms with E-state index in [2.05, 4.69) is 4.74 Å². The molecule has 6 heteroatoms. The summed E-state index contributed by atoms with van der Waals surface area (Å²) in [6.07, 6.45) is 0. The van der Waals surface area contributed by atoms with Gasteiger partial charge < -0.3 is 19.3 Å². The van der Waals surface area contributed by atoms with Gasteiger partial charge in [0.1, 0.15) is 17.9 Å². The molecule has 1 N–H and O–H groups in total. The normalized spacial score (nSPS) is 11.9. The Morgan fingerprint density at radius 1 is 1.24 bits per heavy atom. The van der Waals surface area contributed by atoms with Crippen molar-refractivity contribution in [1.82, 2.24) is 0 Å². The number of ketones is 1. The fourth-order valence-corrected chi connectivity index (χ4v) is 1.05. The minimum atomic E-state index is -0.840. The van der Waals surface area contributed by atoms with Crippen LogP contribution in [-0.4, -0.2) is 50.4 Å². The summed E-state index contributed by atoms with van der Waals surface area (Å²) >= 11 is 0. The van der Waals surface area contributed by atoms with Crippen LogP contribution in [0, 0.1) is 0 Å². The number of Topliss-reactive ketones (excluding diaryl/α,β-unsaturated/α-hetero) is 1. The Balaban J connectivity index is 4.53. The number of esters is 1. The maximum atomic E-state index is 11.4. The number of hydrogen-bond donors (Lipinski definition) is 1. The molecule has 0 saturated carbocycles. The number of aliphatic hydroxyl groups excluding tert-OH is 1. The van der Waals surface area contributed by atoms with E-state index in [0.29, 0.717) is 6.61 Å². The first kappa shape index (κ1) is 15.6. The van der Waals surface area contributed by atoms with Crippen molar-refractivity contribution in [2.24, 2.45) is 0 Å². The molecule has 0 spiro atoms. The summed E-state index contributed by atoms with van der Waals surface area (Å²) in [6.45, 7) is 3.32. The standard InChI is InChI=1S/C11H18O6/c1-4-17-11(14)10(8(2)12)9(13)7-16-6-5-15-3/h13H,4-7H2,1-3H3/b10-9-.